The van der Waals surface area contributed by atoms with E-state index in [1.54, 1.807) is 0 Å². The molecule has 0 aliphatic rings. The van der Waals surface area contributed by atoms with E-state index in [0.717, 1.165) is 5.56 Å². The van der Waals surface area contributed by atoms with Crippen molar-refractivity contribution in [1.29, 1.82) is 1.43 Å². The number of hydrogen-bond acceptors (Lipinski definition) is 2. The third kappa shape index (κ3) is 4.55. The summed E-state index contributed by atoms with van der Waals surface area (Å²) in [6.45, 7) is 0. The molecular weight excluding hydrogens is 327 g/mol. The molecule has 0 heterocycles. The minimum atomic E-state index is -2.63. The first-order valence-corrected chi connectivity index (χ1v) is 9.63. The van der Waals surface area contributed by atoms with Crippen molar-refractivity contribution >= 4 is 18.5 Å². The summed E-state index contributed by atoms with van der Waals surface area (Å²) in [6.07, 6.45) is -0.911. The molecule has 128 valence electrons. The average Bonchev–Trinajstić information content (AvgIpc) is 2.74. The lowest BCUT2D eigenvalue weighted by molar-refractivity contribution is -0.0783. The summed E-state index contributed by atoms with van der Waals surface area (Å²) in [4.78, 5) is 0. The van der Waals surface area contributed by atoms with Crippen LogP contribution in [-0.2, 0) is 4.74 Å². The maximum atomic E-state index is 7.40. The fourth-order valence-electron chi connectivity index (χ4n) is 2.98. The lowest BCUT2D eigenvalue weighted by Crippen LogP contribution is -2.21. The van der Waals surface area contributed by atoms with Crippen LogP contribution in [0.25, 0.3) is 0 Å². The Hall–Kier alpha value is -1.99. The predicted octanol–water partition coefficient (Wildman–Crippen LogP) is 4.22. The summed E-state index contributed by atoms with van der Waals surface area (Å²) in [6, 6.07) is 30.3. The highest BCUT2D eigenvalue weighted by Crippen LogP contribution is 2.51. The van der Waals surface area contributed by atoms with Crippen LogP contribution in [0.2, 0.25) is 0 Å². The fourth-order valence-corrected chi connectivity index (χ4v) is 5.84. The second kappa shape index (κ2) is 8.92. The first-order valence-electron chi connectivity index (χ1n) is 10.1. The van der Waals surface area contributed by atoms with E-state index in [4.69, 9.17) is 10.3 Å². The molecule has 0 saturated carbocycles. The summed E-state index contributed by atoms with van der Waals surface area (Å²) in [7, 11) is -3.53. The van der Waals surface area contributed by atoms with E-state index >= 15 is 0 Å². The zero-order valence-corrected chi connectivity index (χ0v) is 14.7. The highest BCUT2D eigenvalue weighted by Gasteiger charge is 2.28. The number of methoxy groups -OCH3 is 1. The second-order valence-electron chi connectivity index (χ2n) is 5.75. The van der Waals surface area contributed by atoms with E-state index in [-0.39, 0.29) is 12.1 Å². The number of aliphatic hydroxyl groups excluding tert-OH is 1. The molecule has 0 aliphatic carbocycles. The number of ether oxygens (including phenoxy) is 1. The van der Waals surface area contributed by atoms with E-state index in [1.807, 2.05) is 66.7 Å². The zero-order valence-electron chi connectivity index (χ0n) is 17.8. The van der Waals surface area contributed by atoms with Crippen LogP contribution >= 0.6 is 7.92 Å². The lowest BCUT2D eigenvalue weighted by atomic mass is 10.1. The Balaban J connectivity index is 2.06. The van der Waals surface area contributed by atoms with Crippen LogP contribution in [0.5, 0.6) is 0 Å². The number of rotatable bonds is 8. The van der Waals surface area contributed by atoms with Crippen molar-refractivity contribution in [1.82, 2.24) is 0 Å². The van der Waals surface area contributed by atoms with Gasteiger partial charge in [0.2, 0.25) is 1.43 Å². The molecule has 2 unspecified atom stereocenters. The molecule has 0 spiro atoms. The van der Waals surface area contributed by atoms with Crippen LogP contribution < -0.4 is 10.6 Å². The van der Waals surface area contributed by atoms with Gasteiger partial charge in [-0.25, -0.2) is 0 Å². The van der Waals surface area contributed by atoms with Crippen LogP contribution in [0, 0.1) is 0 Å². The number of hydrogen-bond donors (Lipinski definition) is 1. The van der Waals surface area contributed by atoms with Gasteiger partial charge in [-0.3, -0.25) is 0 Å². The zero-order chi connectivity index (χ0) is 20.7. The van der Waals surface area contributed by atoms with E-state index in [9.17, 15) is 0 Å². The monoisotopic (exact) mass is 354 g/mol. The molecule has 0 aromatic heterocycles. The second-order valence-corrected chi connectivity index (χ2v) is 8.15. The summed E-state index contributed by atoms with van der Waals surface area (Å²) in [5.74, 6) is 0. The topological polar surface area (TPSA) is 29.5 Å². The van der Waals surface area contributed by atoms with Crippen molar-refractivity contribution in [2.75, 3.05) is 7.04 Å². The molecule has 3 aromatic carbocycles. The first-order chi connectivity index (χ1) is 14.0. The summed E-state index contributed by atoms with van der Waals surface area (Å²) >= 11 is 0. The molecule has 0 fully saturated rings. The Bertz CT molecular complexity index is 821. The smallest absolute Gasteiger partial charge is 0.213 e. The summed E-state index contributed by atoms with van der Waals surface area (Å²) < 4.78 is 34.6. The Labute approximate surface area is 156 Å². The highest BCUT2D eigenvalue weighted by molar-refractivity contribution is 7.73. The Morgan fingerprint density at radius 1 is 0.880 bits per heavy atom. The molecule has 3 aromatic rings. The van der Waals surface area contributed by atoms with Gasteiger partial charge in [0.05, 0.1) is 4.11 Å². The third-order valence-corrected chi connectivity index (χ3v) is 6.95. The largest absolute Gasteiger partial charge is 0.368 e. The summed E-state index contributed by atoms with van der Waals surface area (Å²) in [5, 5.41) is 7.01. The van der Waals surface area contributed by atoms with Crippen LogP contribution in [0.3, 0.4) is 0 Å². The number of aliphatic hydroxyl groups is 1. The molecule has 3 heteroatoms. The maximum absolute atomic E-state index is 7.40. The molecule has 3 rings (SSSR count). The van der Waals surface area contributed by atoms with Gasteiger partial charge in [0, 0.05) is 19.1 Å². The van der Waals surface area contributed by atoms with Crippen LogP contribution in [0.4, 0.5) is 0 Å². The molecule has 25 heavy (non-hydrogen) atoms. The molecule has 2 nitrogen and oxygen atoms in total. The molecule has 2 atom stereocenters. The number of benzene rings is 3. The highest BCUT2D eigenvalue weighted by atomic mass is 31.1. The van der Waals surface area contributed by atoms with Gasteiger partial charge in [-0.15, -0.1) is 0 Å². The average molecular weight is 354 g/mol. The quantitative estimate of drug-likeness (QED) is 0.485. The van der Waals surface area contributed by atoms with E-state index in [0.29, 0.717) is 0 Å². The van der Waals surface area contributed by atoms with Gasteiger partial charge in [-0.2, -0.15) is 0 Å². The van der Waals surface area contributed by atoms with Crippen molar-refractivity contribution in [2.24, 2.45) is 0 Å². The minimum Gasteiger partial charge on any atom is -0.368 e. The van der Waals surface area contributed by atoms with Gasteiger partial charge in [0.15, 0.2) is 6.29 Å². The summed E-state index contributed by atoms with van der Waals surface area (Å²) in [5.41, 5.74) is 0.969. The Morgan fingerprint density at radius 2 is 1.40 bits per heavy atom. The van der Waals surface area contributed by atoms with Gasteiger partial charge in [0.25, 0.3) is 0 Å². The molecule has 0 saturated heterocycles. The van der Waals surface area contributed by atoms with Crippen LogP contribution in [0.1, 0.15) is 21.8 Å². The molecule has 0 amide bonds. The molecule has 0 aliphatic heterocycles. The van der Waals surface area contributed by atoms with Gasteiger partial charge in [-0.1, -0.05) is 91.0 Å². The predicted molar refractivity (Wildman–Crippen MR) is 106 cm³/mol. The van der Waals surface area contributed by atoms with Crippen molar-refractivity contribution in [3.05, 3.63) is 96.6 Å². The van der Waals surface area contributed by atoms with Crippen molar-refractivity contribution in [3.8, 4) is 0 Å². The normalized spacial score (nSPS) is 16.4. The maximum Gasteiger partial charge on any atom is 0.213 e. The van der Waals surface area contributed by atoms with Crippen LogP contribution in [-0.4, -0.2) is 19.9 Å². The SMILES string of the molecule is [2H]OC(CC(c1ccccc1)P(c1ccccc1)c1ccccc1)OC([2H])([2H])[2H]. The van der Waals surface area contributed by atoms with E-state index < -0.39 is 21.2 Å². The lowest BCUT2D eigenvalue weighted by Gasteiger charge is -2.30. The van der Waals surface area contributed by atoms with Crippen molar-refractivity contribution in [3.63, 3.8) is 0 Å². The van der Waals surface area contributed by atoms with Crippen LogP contribution in [0.15, 0.2) is 91.0 Å². The van der Waals surface area contributed by atoms with Gasteiger partial charge in [0.1, 0.15) is 0 Å². The third-order valence-electron chi connectivity index (χ3n) is 4.11. The van der Waals surface area contributed by atoms with E-state index in [1.165, 1.54) is 10.6 Å². The van der Waals surface area contributed by atoms with Gasteiger partial charge in [-0.05, 0) is 24.1 Å². The molecule has 0 bridgehead atoms. The van der Waals surface area contributed by atoms with Gasteiger partial charge >= 0.3 is 0 Å². The Morgan fingerprint density at radius 3 is 1.88 bits per heavy atom. The molecule has 0 radical (unpaired) electrons. The van der Waals surface area contributed by atoms with Crippen molar-refractivity contribution < 1.29 is 14.0 Å². The minimum absolute atomic E-state index is 0.0892. The van der Waals surface area contributed by atoms with Crippen molar-refractivity contribution in [2.45, 2.75) is 18.4 Å². The molecular formula is C22H23O2P. The Kier molecular flexibility index (Phi) is 4.72. The van der Waals surface area contributed by atoms with Gasteiger partial charge < -0.3 is 9.85 Å². The van der Waals surface area contributed by atoms with E-state index in [2.05, 4.69) is 29.4 Å². The standard InChI is InChI=1S/C22H23O2P/c1-24-22(23)17-21(18-11-5-2-6-12-18)25(19-13-7-3-8-14-19)20-15-9-4-10-16-20/h2-16,21-23H,17H2,1H3/i1D3,23D. The molecule has 1 N–H and O–H groups in total. The fraction of sp³-hybridized carbons (Fsp3) is 0.182. The first kappa shape index (κ1) is 13.2.